The summed E-state index contributed by atoms with van der Waals surface area (Å²) in [4.78, 5) is 6.86. The topological polar surface area (TPSA) is 34.1 Å². The van der Waals surface area contributed by atoms with Gasteiger partial charge >= 0.3 is 0 Å². The first-order valence-electron chi connectivity index (χ1n) is 7.88. The van der Waals surface area contributed by atoms with Gasteiger partial charge in [-0.25, -0.2) is 0 Å². The second kappa shape index (κ2) is 7.29. The largest absolute Gasteiger partial charge is 0.496 e. The molecule has 1 heterocycles. The van der Waals surface area contributed by atoms with Crippen LogP contribution in [0.15, 0.2) is 47.5 Å². The van der Waals surface area contributed by atoms with Crippen LogP contribution in [0.5, 0.6) is 5.75 Å². The molecule has 2 aromatic rings. The van der Waals surface area contributed by atoms with Gasteiger partial charge in [0.1, 0.15) is 5.75 Å². The van der Waals surface area contributed by atoms with Crippen molar-refractivity contribution in [2.45, 2.75) is 6.92 Å². The molecular weight excluding hydrogens is 288 g/mol. The minimum Gasteiger partial charge on any atom is -0.496 e. The molecule has 3 rings (SSSR count). The molecule has 4 nitrogen and oxygen atoms in total. The lowest BCUT2D eigenvalue weighted by molar-refractivity contribution is 0.122. The SMILES string of the molecule is COc1cc(N2CCOCC2)ccc1C=Nc1cccc(C)c1. The lowest BCUT2D eigenvalue weighted by Crippen LogP contribution is -2.36. The van der Waals surface area contributed by atoms with Crippen LogP contribution in [0, 0.1) is 6.92 Å². The smallest absolute Gasteiger partial charge is 0.129 e. The number of benzene rings is 2. The van der Waals surface area contributed by atoms with Gasteiger partial charge < -0.3 is 14.4 Å². The Hall–Kier alpha value is -2.33. The van der Waals surface area contributed by atoms with Crippen molar-refractivity contribution < 1.29 is 9.47 Å². The first kappa shape index (κ1) is 15.6. The highest BCUT2D eigenvalue weighted by molar-refractivity contribution is 5.86. The van der Waals surface area contributed by atoms with Gasteiger partial charge in [0.25, 0.3) is 0 Å². The predicted molar refractivity (Wildman–Crippen MR) is 94.5 cm³/mol. The van der Waals surface area contributed by atoms with Crippen LogP contribution in [0.2, 0.25) is 0 Å². The minimum absolute atomic E-state index is 0.777. The number of methoxy groups -OCH3 is 1. The predicted octanol–water partition coefficient (Wildman–Crippen LogP) is 3.59. The van der Waals surface area contributed by atoms with Crippen molar-refractivity contribution in [3.8, 4) is 5.75 Å². The monoisotopic (exact) mass is 310 g/mol. The van der Waals surface area contributed by atoms with Gasteiger partial charge in [0.15, 0.2) is 0 Å². The molecule has 1 saturated heterocycles. The van der Waals surface area contributed by atoms with Crippen LogP contribution in [0.25, 0.3) is 0 Å². The summed E-state index contributed by atoms with van der Waals surface area (Å²) in [6, 6.07) is 14.4. The molecule has 1 fully saturated rings. The van der Waals surface area contributed by atoms with E-state index in [-0.39, 0.29) is 0 Å². The number of nitrogens with zero attached hydrogens (tertiary/aromatic N) is 2. The lowest BCUT2D eigenvalue weighted by Gasteiger charge is -2.29. The Morgan fingerprint density at radius 1 is 1.13 bits per heavy atom. The molecule has 0 aromatic heterocycles. The van der Waals surface area contributed by atoms with Gasteiger partial charge in [-0.1, -0.05) is 12.1 Å². The van der Waals surface area contributed by atoms with Crippen molar-refractivity contribution in [1.82, 2.24) is 0 Å². The summed E-state index contributed by atoms with van der Waals surface area (Å²) in [5, 5.41) is 0. The number of rotatable bonds is 4. The van der Waals surface area contributed by atoms with Crippen molar-refractivity contribution in [3.05, 3.63) is 53.6 Å². The quantitative estimate of drug-likeness (QED) is 0.809. The van der Waals surface area contributed by atoms with Crippen LogP contribution >= 0.6 is 0 Å². The Morgan fingerprint density at radius 2 is 1.96 bits per heavy atom. The molecule has 0 radical (unpaired) electrons. The fraction of sp³-hybridized carbons (Fsp3) is 0.316. The van der Waals surface area contributed by atoms with Crippen LogP contribution in [-0.2, 0) is 4.74 Å². The summed E-state index contributed by atoms with van der Waals surface area (Å²) >= 11 is 0. The summed E-state index contributed by atoms with van der Waals surface area (Å²) in [6.45, 7) is 5.45. The highest BCUT2D eigenvalue weighted by Gasteiger charge is 2.13. The number of hydrogen-bond acceptors (Lipinski definition) is 4. The Kier molecular flexibility index (Phi) is 4.93. The number of aliphatic imine (C=N–C) groups is 1. The van der Waals surface area contributed by atoms with E-state index in [0.717, 1.165) is 49.0 Å². The van der Waals surface area contributed by atoms with Gasteiger partial charge in [0.05, 0.1) is 26.0 Å². The number of anilines is 1. The van der Waals surface area contributed by atoms with Crippen LogP contribution in [0.3, 0.4) is 0 Å². The third-order valence-corrected chi connectivity index (χ3v) is 3.95. The van der Waals surface area contributed by atoms with Crippen molar-refractivity contribution >= 4 is 17.6 Å². The molecule has 0 N–H and O–H groups in total. The molecule has 2 aromatic carbocycles. The Morgan fingerprint density at radius 3 is 2.70 bits per heavy atom. The average molecular weight is 310 g/mol. The summed E-state index contributed by atoms with van der Waals surface area (Å²) in [5.74, 6) is 0.838. The van der Waals surface area contributed by atoms with E-state index >= 15 is 0 Å². The number of ether oxygens (including phenoxy) is 2. The van der Waals surface area contributed by atoms with Gasteiger partial charge in [0.2, 0.25) is 0 Å². The fourth-order valence-electron chi connectivity index (χ4n) is 2.68. The number of morpholine rings is 1. The average Bonchev–Trinajstić information content (AvgIpc) is 2.60. The van der Waals surface area contributed by atoms with E-state index < -0.39 is 0 Å². The third-order valence-electron chi connectivity index (χ3n) is 3.95. The second-order valence-electron chi connectivity index (χ2n) is 5.62. The lowest BCUT2D eigenvalue weighted by atomic mass is 10.1. The highest BCUT2D eigenvalue weighted by atomic mass is 16.5. The molecule has 120 valence electrons. The molecule has 0 amide bonds. The van der Waals surface area contributed by atoms with Crippen molar-refractivity contribution in [1.29, 1.82) is 0 Å². The van der Waals surface area contributed by atoms with E-state index in [1.165, 1.54) is 5.56 Å². The molecule has 1 aliphatic rings. The first-order valence-corrected chi connectivity index (χ1v) is 7.88. The standard InChI is InChI=1S/C19H22N2O2/c1-15-4-3-5-17(12-15)20-14-16-6-7-18(13-19(16)22-2)21-8-10-23-11-9-21/h3-7,12-14H,8-11H2,1-2H3. The molecule has 0 atom stereocenters. The van der Waals surface area contributed by atoms with E-state index in [2.05, 4.69) is 47.1 Å². The Balaban J connectivity index is 1.82. The fourth-order valence-corrected chi connectivity index (χ4v) is 2.68. The summed E-state index contributed by atoms with van der Waals surface area (Å²) in [5.41, 5.74) is 4.29. The maximum absolute atomic E-state index is 5.54. The highest BCUT2D eigenvalue weighted by Crippen LogP contribution is 2.26. The Labute approximate surface area is 137 Å². The van der Waals surface area contributed by atoms with Gasteiger partial charge in [-0.2, -0.15) is 0 Å². The zero-order valence-electron chi connectivity index (χ0n) is 13.7. The van der Waals surface area contributed by atoms with Crippen molar-refractivity contribution in [2.24, 2.45) is 4.99 Å². The molecule has 23 heavy (non-hydrogen) atoms. The van der Waals surface area contributed by atoms with E-state index in [1.54, 1.807) is 7.11 Å². The van der Waals surface area contributed by atoms with E-state index in [9.17, 15) is 0 Å². The molecule has 0 spiro atoms. The molecule has 0 saturated carbocycles. The van der Waals surface area contributed by atoms with E-state index in [0.29, 0.717) is 0 Å². The van der Waals surface area contributed by atoms with Crippen molar-refractivity contribution in [3.63, 3.8) is 0 Å². The molecule has 0 aliphatic carbocycles. The maximum Gasteiger partial charge on any atom is 0.129 e. The van der Waals surface area contributed by atoms with E-state index in [4.69, 9.17) is 9.47 Å². The number of aryl methyl sites for hydroxylation is 1. The summed E-state index contributed by atoms with van der Waals surface area (Å²) in [7, 11) is 1.70. The summed E-state index contributed by atoms with van der Waals surface area (Å²) < 4.78 is 10.9. The maximum atomic E-state index is 5.54. The molecular formula is C19H22N2O2. The summed E-state index contributed by atoms with van der Waals surface area (Å²) in [6.07, 6.45) is 1.86. The molecule has 1 aliphatic heterocycles. The van der Waals surface area contributed by atoms with Gasteiger partial charge in [-0.3, -0.25) is 4.99 Å². The van der Waals surface area contributed by atoms with Gasteiger partial charge in [0, 0.05) is 36.6 Å². The van der Waals surface area contributed by atoms with Crippen molar-refractivity contribution in [2.75, 3.05) is 38.3 Å². The molecule has 0 bridgehead atoms. The van der Waals surface area contributed by atoms with Crippen LogP contribution < -0.4 is 9.64 Å². The second-order valence-corrected chi connectivity index (χ2v) is 5.62. The van der Waals surface area contributed by atoms with E-state index in [1.807, 2.05) is 18.3 Å². The van der Waals surface area contributed by atoms with Crippen LogP contribution in [0.4, 0.5) is 11.4 Å². The number of hydrogen-bond donors (Lipinski definition) is 0. The molecule has 4 heteroatoms. The first-order chi connectivity index (χ1) is 11.3. The van der Waals surface area contributed by atoms with Gasteiger partial charge in [-0.05, 0) is 36.8 Å². The third kappa shape index (κ3) is 3.90. The van der Waals surface area contributed by atoms with Gasteiger partial charge in [-0.15, -0.1) is 0 Å². The molecule has 0 unspecified atom stereocenters. The van der Waals surface area contributed by atoms with Crippen LogP contribution in [0.1, 0.15) is 11.1 Å². The van der Waals surface area contributed by atoms with Crippen LogP contribution in [-0.4, -0.2) is 39.6 Å². The zero-order chi connectivity index (χ0) is 16.1. The Bertz CT molecular complexity index is 692. The minimum atomic E-state index is 0.777. The normalized spacial score (nSPS) is 15.1. The zero-order valence-corrected chi connectivity index (χ0v) is 13.7.